The maximum atomic E-state index is 12.3. The van der Waals surface area contributed by atoms with Gasteiger partial charge in [-0.2, -0.15) is 4.98 Å². The van der Waals surface area contributed by atoms with Crippen LogP contribution in [0.3, 0.4) is 0 Å². The lowest BCUT2D eigenvalue weighted by Crippen LogP contribution is -2.29. The third kappa shape index (κ3) is 4.73. The molecule has 2 N–H and O–H groups in total. The van der Waals surface area contributed by atoms with Crippen LogP contribution in [-0.2, 0) is 22.6 Å². The van der Waals surface area contributed by atoms with E-state index in [1.54, 1.807) is 0 Å². The van der Waals surface area contributed by atoms with Crippen LogP contribution in [0, 0.1) is 6.92 Å². The molecule has 9 heteroatoms. The largest absolute Gasteiger partial charge is 0.469 e. The fourth-order valence-electron chi connectivity index (χ4n) is 3.59. The molecule has 0 aliphatic carbocycles. The minimum Gasteiger partial charge on any atom is -0.469 e. The van der Waals surface area contributed by atoms with Crippen molar-refractivity contribution in [2.24, 2.45) is 0 Å². The molecular formula is C21H27N5O4. The van der Waals surface area contributed by atoms with Gasteiger partial charge in [0, 0.05) is 19.5 Å². The van der Waals surface area contributed by atoms with Crippen molar-refractivity contribution in [2.75, 3.05) is 14.2 Å². The van der Waals surface area contributed by atoms with Crippen molar-refractivity contribution in [3.05, 3.63) is 44.1 Å². The first-order valence-corrected chi connectivity index (χ1v) is 10.1. The predicted molar refractivity (Wildman–Crippen MR) is 114 cm³/mol. The minimum atomic E-state index is -0.678. The van der Waals surface area contributed by atoms with Gasteiger partial charge in [-0.3, -0.25) is 14.6 Å². The van der Waals surface area contributed by atoms with E-state index in [1.165, 1.54) is 7.11 Å². The number of aromatic amines is 1. The number of carbonyl (C=O) groups excluding carboxylic acids is 1. The summed E-state index contributed by atoms with van der Waals surface area (Å²) in [6.45, 7) is 3.29. The maximum absolute atomic E-state index is 12.3. The van der Waals surface area contributed by atoms with E-state index in [4.69, 9.17) is 0 Å². The zero-order valence-corrected chi connectivity index (χ0v) is 17.6. The van der Waals surface area contributed by atoms with Gasteiger partial charge < -0.3 is 14.6 Å². The highest BCUT2D eigenvalue weighted by Gasteiger charge is 2.19. The molecule has 0 saturated heterocycles. The standard InChI is InChI=1S/C21H27N5O4/c1-13-10-15-16(11-14(13)12-22-2)26(9-7-5-4-6-8-17(27)30-3)19-18(23-15)20(28)25-21(29)24-19/h10-11,22H,4-9,12H2,1-3H3,(H,25,28,29). The van der Waals surface area contributed by atoms with E-state index in [9.17, 15) is 14.4 Å². The topological polar surface area (TPSA) is 119 Å². The highest BCUT2D eigenvalue weighted by atomic mass is 16.5. The number of aryl methyl sites for hydroxylation is 2. The van der Waals surface area contributed by atoms with Gasteiger partial charge in [-0.25, -0.2) is 9.78 Å². The monoisotopic (exact) mass is 413 g/mol. The van der Waals surface area contributed by atoms with Crippen LogP contribution in [0.1, 0.15) is 43.2 Å². The molecule has 1 aromatic rings. The van der Waals surface area contributed by atoms with Crippen molar-refractivity contribution >= 4 is 17.0 Å². The summed E-state index contributed by atoms with van der Waals surface area (Å²) in [5.41, 5.74) is 2.67. The number of nitrogens with one attached hydrogen (secondary N) is 2. The Morgan fingerprint density at radius 1 is 1.17 bits per heavy atom. The molecule has 0 bridgehead atoms. The Bertz CT molecular complexity index is 1130. The predicted octanol–water partition coefficient (Wildman–Crippen LogP) is 1.74. The van der Waals surface area contributed by atoms with Crippen LogP contribution in [0.25, 0.3) is 22.6 Å². The van der Waals surface area contributed by atoms with E-state index in [0.717, 1.165) is 42.3 Å². The highest BCUT2D eigenvalue weighted by molar-refractivity contribution is 5.81. The summed E-state index contributed by atoms with van der Waals surface area (Å²) in [5, 5.41) is 3.16. The number of methoxy groups -OCH3 is 1. The number of benzene rings is 1. The van der Waals surface area contributed by atoms with E-state index in [2.05, 4.69) is 25.0 Å². The van der Waals surface area contributed by atoms with Crippen LogP contribution < -0.4 is 16.6 Å². The Labute approximate surface area is 173 Å². The minimum absolute atomic E-state index is 0.161. The van der Waals surface area contributed by atoms with Crippen molar-refractivity contribution in [2.45, 2.75) is 52.1 Å². The van der Waals surface area contributed by atoms with Crippen LogP contribution in [0.2, 0.25) is 0 Å². The fraction of sp³-hybridized carbons (Fsp3) is 0.476. The van der Waals surface area contributed by atoms with Crippen molar-refractivity contribution < 1.29 is 9.53 Å². The normalized spacial score (nSPS) is 11.3. The lowest BCUT2D eigenvalue weighted by atomic mass is 10.1. The maximum Gasteiger partial charge on any atom is 0.349 e. The molecule has 2 heterocycles. The SMILES string of the molecule is CNCc1cc2c(cc1C)nc1c(=O)[nH]c(=O)nc-1n2CCCCCCC(=O)OC. The molecule has 0 amide bonds. The lowest BCUT2D eigenvalue weighted by Gasteiger charge is -2.18. The molecule has 1 aromatic carbocycles. The van der Waals surface area contributed by atoms with Gasteiger partial charge >= 0.3 is 11.7 Å². The Hall–Kier alpha value is -3.07. The van der Waals surface area contributed by atoms with Crippen molar-refractivity contribution in [3.8, 4) is 11.5 Å². The van der Waals surface area contributed by atoms with Crippen LogP contribution in [0.15, 0.2) is 21.7 Å². The van der Waals surface area contributed by atoms with E-state index < -0.39 is 11.2 Å². The highest BCUT2D eigenvalue weighted by Crippen LogP contribution is 2.24. The summed E-state index contributed by atoms with van der Waals surface area (Å²) in [6.07, 6.45) is 3.79. The first kappa shape index (κ1) is 21.6. The van der Waals surface area contributed by atoms with E-state index in [1.807, 2.05) is 30.7 Å². The van der Waals surface area contributed by atoms with Crippen LogP contribution in [0.4, 0.5) is 0 Å². The van der Waals surface area contributed by atoms with E-state index in [-0.39, 0.29) is 11.7 Å². The van der Waals surface area contributed by atoms with E-state index >= 15 is 0 Å². The Morgan fingerprint density at radius 2 is 1.93 bits per heavy atom. The van der Waals surface area contributed by atoms with E-state index in [0.29, 0.717) is 30.9 Å². The summed E-state index contributed by atoms with van der Waals surface area (Å²) in [7, 11) is 3.27. The number of carbonyl (C=O) groups is 1. The van der Waals surface area contributed by atoms with Crippen LogP contribution in [-0.4, -0.2) is 39.6 Å². The van der Waals surface area contributed by atoms with Crippen molar-refractivity contribution in [1.29, 1.82) is 0 Å². The first-order chi connectivity index (χ1) is 14.4. The van der Waals surface area contributed by atoms with Gasteiger partial charge in [-0.1, -0.05) is 12.8 Å². The number of aromatic nitrogens is 4. The molecule has 9 nitrogen and oxygen atoms in total. The third-order valence-electron chi connectivity index (χ3n) is 5.17. The Kier molecular flexibility index (Phi) is 6.94. The number of H-pyrrole nitrogens is 1. The lowest BCUT2D eigenvalue weighted by molar-refractivity contribution is -0.140. The summed E-state index contributed by atoms with van der Waals surface area (Å²) in [6, 6.07) is 4.00. The smallest absolute Gasteiger partial charge is 0.349 e. The molecule has 0 atom stereocenters. The second kappa shape index (κ2) is 9.62. The quantitative estimate of drug-likeness (QED) is 0.311. The molecule has 0 spiro atoms. The molecule has 0 saturated carbocycles. The second-order valence-corrected chi connectivity index (χ2v) is 7.34. The third-order valence-corrected chi connectivity index (χ3v) is 5.17. The number of fused-ring (bicyclic) bond motifs is 2. The number of rotatable bonds is 9. The van der Waals surface area contributed by atoms with Crippen LogP contribution in [0.5, 0.6) is 0 Å². The summed E-state index contributed by atoms with van der Waals surface area (Å²) in [5.74, 6) is 0.0967. The summed E-state index contributed by atoms with van der Waals surface area (Å²) >= 11 is 0. The number of hydrogen-bond acceptors (Lipinski definition) is 7. The molecule has 0 aromatic heterocycles. The van der Waals surface area contributed by atoms with Gasteiger partial charge in [-0.05, 0) is 50.1 Å². The number of ether oxygens (including phenoxy) is 1. The van der Waals surface area contributed by atoms with Crippen LogP contribution >= 0.6 is 0 Å². The molecule has 0 unspecified atom stereocenters. The summed E-state index contributed by atoms with van der Waals surface area (Å²) < 4.78 is 6.57. The van der Waals surface area contributed by atoms with Crippen molar-refractivity contribution in [1.82, 2.24) is 24.8 Å². The number of unbranched alkanes of at least 4 members (excludes halogenated alkanes) is 3. The summed E-state index contributed by atoms with van der Waals surface area (Å²) in [4.78, 5) is 46.2. The molecule has 30 heavy (non-hydrogen) atoms. The number of nitrogens with zero attached hydrogens (tertiary/aromatic N) is 3. The molecule has 0 fully saturated rings. The molecule has 0 radical (unpaired) electrons. The molecule has 2 aliphatic heterocycles. The van der Waals surface area contributed by atoms with Gasteiger partial charge in [0.15, 0.2) is 11.5 Å². The molecule has 3 rings (SSSR count). The Morgan fingerprint density at radius 3 is 2.67 bits per heavy atom. The molecule has 160 valence electrons. The molecule has 2 aliphatic rings. The fourth-order valence-corrected chi connectivity index (χ4v) is 3.59. The number of esters is 1. The first-order valence-electron chi connectivity index (χ1n) is 10.1. The zero-order chi connectivity index (χ0) is 21.7. The average molecular weight is 413 g/mol. The van der Waals surface area contributed by atoms with Gasteiger partial charge in [-0.15, -0.1) is 0 Å². The molecular weight excluding hydrogens is 386 g/mol. The van der Waals surface area contributed by atoms with Gasteiger partial charge in [0.05, 0.1) is 18.1 Å². The van der Waals surface area contributed by atoms with Gasteiger partial charge in [0.1, 0.15) is 0 Å². The Balaban J connectivity index is 1.96. The second-order valence-electron chi connectivity index (χ2n) is 7.34. The van der Waals surface area contributed by atoms with Gasteiger partial charge in [0.25, 0.3) is 5.56 Å². The van der Waals surface area contributed by atoms with Gasteiger partial charge in [0.2, 0.25) is 0 Å². The average Bonchev–Trinajstić information content (AvgIpc) is 2.71. The van der Waals surface area contributed by atoms with Crippen molar-refractivity contribution in [3.63, 3.8) is 0 Å². The number of hydrogen-bond donors (Lipinski definition) is 2. The zero-order valence-electron chi connectivity index (χ0n) is 17.6.